The van der Waals surface area contributed by atoms with Gasteiger partial charge in [-0.2, -0.15) is 0 Å². The fourth-order valence-electron chi connectivity index (χ4n) is 3.63. The lowest BCUT2D eigenvalue weighted by Gasteiger charge is -2.36. The Kier molecular flexibility index (Phi) is 7.81. The molecular weight excluding hydrogens is 362 g/mol. The fourth-order valence-corrected chi connectivity index (χ4v) is 3.63. The Morgan fingerprint density at radius 3 is 2.38 bits per heavy atom. The van der Waals surface area contributed by atoms with Crippen molar-refractivity contribution in [2.75, 3.05) is 51.2 Å². The van der Waals surface area contributed by atoms with Gasteiger partial charge in [-0.3, -0.25) is 9.89 Å². The van der Waals surface area contributed by atoms with Gasteiger partial charge in [0, 0.05) is 58.7 Å². The Morgan fingerprint density at radius 2 is 1.72 bits per heavy atom. The summed E-state index contributed by atoms with van der Waals surface area (Å²) in [7, 11) is 1.85. The van der Waals surface area contributed by atoms with E-state index in [0.717, 1.165) is 64.3 Å². The van der Waals surface area contributed by atoms with Crippen LogP contribution in [0.5, 0.6) is 0 Å². The Labute approximate surface area is 174 Å². The van der Waals surface area contributed by atoms with E-state index in [2.05, 4.69) is 73.1 Å². The number of nitrogens with one attached hydrogen (secondary N) is 1. The molecule has 0 unspecified atom stereocenters. The summed E-state index contributed by atoms with van der Waals surface area (Å²) in [6.45, 7) is 11.9. The first kappa shape index (κ1) is 21.0. The maximum atomic E-state index is 4.50. The molecule has 156 valence electrons. The number of hydrogen-bond donors (Lipinski definition) is 1. The summed E-state index contributed by atoms with van der Waals surface area (Å²) in [5, 5.41) is 3.53. The summed E-state index contributed by atoms with van der Waals surface area (Å²) in [6, 6.07) is 10.7. The second-order valence-electron chi connectivity index (χ2n) is 7.20. The maximum absolute atomic E-state index is 4.50. The monoisotopic (exact) mass is 395 g/mol. The lowest BCUT2D eigenvalue weighted by Crippen LogP contribution is -2.52. The van der Waals surface area contributed by atoms with Gasteiger partial charge < -0.3 is 15.1 Å². The summed E-state index contributed by atoms with van der Waals surface area (Å²) in [4.78, 5) is 20.2. The highest BCUT2D eigenvalue weighted by Crippen LogP contribution is 2.11. The number of hydrogen-bond acceptors (Lipinski definition) is 5. The number of aliphatic imine (C=N–C) groups is 1. The van der Waals surface area contributed by atoms with E-state index in [9.17, 15) is 0 Å². The highest BCUT2D eigenvalue weighted by atomic mass is 15.4. The van der Waals surface area contributed by atoms with Crippen molar-refractivity contribution < 1.29 is 0 Å². The van der Waals surface area contributed by atoms with Crippen LogP contribution in [-0.4, -0.2) is 72.0 Å². The second-order valence-corrected chi connectivity index (χ2v) is 7.20. The van der Waals surface area contributed by atoms with Crippen molar-refractivity contribution in [3.05, 3.63) is 53.9 Å². The molecule has 1 aliphatic heterocycles. The number of aromatic nitrogens is 2. The number of benzene rings is 1. The first-order chi connectivity index (χ1) is 14.2. The molecule has 0 amide bonds. The molecule has 0 atom stereocenters. The summed E-state index contributed by atoms with van der Waals surface area (Å²) in [5.41, 5.74) is 2.64. The average Bonchev–Trinajstić information content (AvgIpc) is 2.79. The van der Waals surface area contributed by atoms with Crippen LogP contribution in [0.25, 0.3) is 0 Å². The third kappa shape index (κ3) is 5.90. The van der Waals surface area contributed by atoms with Gasteiger partial charge >= 0.3 is 0 Å². The van der Waals surface area contributed by atoms with Crippen molar-refractivity contribution in [3.8, 4) is 0 Å². The molecule has 7 nitrogen and oxygen atoms in total. The first-order valence-corrected chi connectivity index (χ1v) is 10.5. The van der Waals surface area contributed by atoms with E-state index in [4.69, 9.17) is 0 Å². The topological polar surface area (TPSA) is 59.9 Å². The molecule has 1 saturated heterocycles. The Morgan fingerprint density at radius 1 is 1.03 bits per heavy atom. The minimum atomic E-state index is 0.779. The summed E-state index contributed by atoms with van der Waals surface area (Å²) >= 11 is 0. The highest BCUT2D eigenvalue weighted by Gasteiger charge is 2.21. The lowest BCUT2D eigenvalue weighted by molar-refractivity contribution is 0.296. The predicted octanol–water partition coefficient (Wildman–Crippen LogP) is 2.22. The van der Waals surface area contributed by atoms with Gasteiger partial charge in [0.05, 0.1) is 0 Å². The third-order valence-corrected chi connectivity index (χ3v) is 5.37. The maximum Gasteiger partial charge on any atom is 0.225 e. The molecule has 0 radical (unpaired) electrons. The summed E-state index contributed by atoms with van der Waals surface area (Å²) in [5.74, 6) is 1.76. The van der Waals surface area contributed by atoms with Gasteiger partial charge in [0.2, 0.25) is 5.95 Å². The van der Waals surface area contributed by atoms with E-state index in [1.54, 1.807) is 12.4 Å². The lowest BCUT2D eigenvalue weighted by atomic mass is 10.1. The minimum absolute atomic E-state index is 0.779. The number of anilines is 1. The van der Waals surface area contributed by atoms with Crippen molar-refractivity contribution in [3.63, 3.8) is 0 Å². The minimum Gasteiger partial charge on any atom is -0.352 e. The van der Waals surface area contributed by atoms with Crippen LogP contribution in [0.3, 0.4) is 0 Å². The zero-order valence-electron chi connectivity index (χ0n) is 17.9. The van der Waals surface area contributed by atoms with Gasteiger partial charge in [-0.05, 0) is 30.3 Å². The van der Waals surface area contributed by atoms with Crippen molar-refractivity contribution >= 4 is 11.9 Å². The molecule has 1 aromatic carbocycles. The van der Waals surface area contributed by atoms with E-state index in [1.807, 2.05) is 13.1 Å². The Hall–Kier alpha value is -2.67. The Bertz CT molecular complexity index is 766. The van der Waals surface area contributed by atoms with E-state index >= 15 is 0 Å². The highest BCUT2D eigenvalue weighted by molar-refractivity contribution is 5.80. The fraction of sp³-hybridized carbons (Fsp3) is 0.500. The van der Waals surface area contributed by atoms with Gasteiger partial charge in [0.1, 0.15) is 0 Å². The molecule has 0 aliphatic carbocycles. The molecule has 1 fully saturated rings. The normalized spacial score (nSPS) is 15.1. The van der Waals surface area contributed by atoms with E-state index in [-0.39, 0.29) is 0 Å². The molecule has 2 heterocycles. The first-order valence-electron chi connectivity index (χ1n) is 10.5. The average molecular weight is 396 g/mol. The van der Waals surface area contributed by atoms with Crippen LogP contribution < -0.4 is 10.2 Å². The molecule has 7 heteroatoms. The quantitative estimate of drug-likeness (QED) is 0.573. The SMILES string of the molecule is CCN(CC)Cc1cccc(CNC(=NC)N2CCN(c3ncccn3)CC2)c1. The van der Waals surface area contributed by atoms with Gasteiger partial charge in [0.25, 0.3) is 0 Å². The van der Waals surface area contributed by atoms with Crippen LogP contribution in [0.4, 0.5) is 5.95 Å². The van der Waals surface area contributed by atoms with E-state index in [1.165, 1.54) is 11.1 Å². The molecule has 0 saturated carbocycles. The van der Waals surface area contributed by atoms with Crippen LogP contribution in [0.15, 0.2) is 47.7 Å². The number of piperazine rings is 1. The van der Waals surface area contributed by atoms with E-state index < -0.39 is 0 Å². The van der Waals surface area contributed by atoms with Gasteiger partial charge in [-0.15, -0.1) is 0 Å². The molecule has 2 aromatic rings. The Balaban J connectivity index is 1.52. The van der Waals surface area contributed by atoms with Crippen LogP contribution >= 0.6 is 0 Å². The zero-order valence-corrected chi connectivity index (χ0v) is 17.9. The smallest absolute Gasteiger partial charge is 0.225 e. The molecule has 1 aliphatic rings. The summed E-state index contributed by atoms with van der Waals surface area (Å²) in [6.07, 6.45) is 3.59. The number of nitrogens with zero attached hydrogens (tertiary/aromatic N) is 6. The molecule has 0 bridgehead atoms. The standard InChI is InChI=1S/C22H33N7/c1-4-27(5-2)18-20-9-6-8-19(16-20)17-26-21(23-3)28-12-14-29(15-13-28)22-24-10-7-11-25-22/h6-11,16H,4-5,12-15,17-18H2,1-3H3,(H,23,26). The number of rotatable bonds is 7. The zero-order chi connectivity index (χ0) is 20.5. The van der Waals surface area contributed by atoms with Crippen molar-refractivity contribution in [2.45, 2.75) is 26.9 Å². The van der Waals surface area contributed by atoms with Gasteiger partial charge in [-0.1, -0.05) is 38.1 Å². The van der Waals surface area contributed by atoms with Crippen LogP contribution in [0.1, 0.15) is 25.0 Å². The predicted molar refractivity (Wildman–Crippen MR) is 119 cm³/mol. The van der Waals surface area contributed by atoms with Crippen LogP contribution in [0, 0.1) is 0 Å². The molecule has 1 N–H and O–H groups in total. The molecule has 3 rings (SSSR count). The molecule has 0 spiro atoms. The summed E-state index contributed by atoms with van der Waals surface area (Å²) < 4.78 is 0. The largest absolute Gasteiger partial charge is 0.352 e. The van der Waals surface area contributed by atoms with Crippen LogP contribution in [-0.2, 0) is 13.1 Å². The van der Waals surface area contributed by atoms with Gasteiger partial charge in [-0.25, -0.2) is 9.97 Å². The van der Waals surface area contributed by atoms with Crippen molar-refractivity contribution in [1.29, 1.82) is 0 Å². The molecular formula is C22H33N7. The molecule has 1 aromatic heterocycles. The second kappa shape index (κ2) is 10.8. The van der Waals surface area contributed by atoms with Crippen molar-refractivity contribution in [2.24, 2.45) is 4.99 Å². The van der Waals surface area contributed by atoms with Gasteiger partial charge in [0.15, 0.2) is 5.96 Å². The van der Waals surface area contributed by atoms with E-state index in [0.29, 0.717) is 0 Å². The van der Waals surface area contributed by atoms with Crippen LogP contribution in [0.2, 0.25) is 0 Å². The van der Waals surface area contributed by atoms with Crippen molar-refractivity contribution in [1.82, 2.24) is 25.1 Å². The number of guanidine groups is 1. The third-order valence-electron chi connectivity index (χ3n) is 5.37. The molecule has 29 heavy (non-hydrogen) atoms.